The van der Waals surface area contributed by atoms with E-state index in [4.69, 9.17) is 0 Å². The number of amides is 1. The van der Waals surface area contributed by atoms with Crippen molar-refractivity contribution in [2.45, 2.75) is 46.3 Å². The Kier molecular flexibility index (Phi) is 4.71. The summed E-state index contributed by atoms with van der Waals surface area (Å²) in [6.07, 6.45) is 0.775. The summed E-state index contributed by atoms with van der Waals surface area (Å²) in [7, 11) is 2.02. The Labute approximate surface area is 143 Å². The molecule has 3 rings (SSSR count). The second-order valence-electron chi connectivity index (χ2n) is 6.71. The predicted molar refractivity (Wildman–Crippen MR) is 94.8 cm³/mol. The van der Waals surface area contributed by atoms with Gasteiger partial charge in [0.1, 0.15) is 0 Å². The quantitative estimate of drug-likeness (QED) is 0.935. The second kappa shape index (κ2) is 6.77. The normalized spacial score (nSPS) is 17.6. The average Bonchev–Trinajstić information content (AvgIpc) is 2.81. The molecule has 0 fully saturated rings. The topological polar surface area (TPSA) is 50.2 Å². The van der Waals surface area contributed by atoms with E-state index < -0.39 is 0 Å². The molecule has 1 aliphatic rings. The number of carbonyl (C=O) groups is 1. The number of hydrogen-bond donors (Lipinski definition) is 1. The van der Waals surface area contributed by atoms with Crippen molar-refractivity contribution in [2.75, 3.05) is 13.6 Å². The molecule has 0 spiro atoms. The van der Waals surface area contributed by atoms with Gasteiger partial charge in [-0.05, 0) is 50.9 Å². The lowest BCUT2D eigenvalue weighted by Crippen LogP contribution is -2.49. The van der Waals surface area contributed by atoms with Crippen molar-refractivity contribution >= 4 is 5.91 Å². The molecule has 1 aliphatic heterocycles. The molecule has 1 aromatic carbocycles. The molecule has 0 unspecified atom stereocenters. The summed E-state index contributed by atoms with van der Waals surface area (Å²) in [5, 5.41) is 7.60. The molecule has 0 radical (unpaired) electrons. The Morgan fingerprint density at radius 1 is 1.25 bits per heavy atom. The smallest absolute Gasteiger partial charge is 0.237 e. The molecule has 2 heterocycles. The van der Waals surface area contributed by atoms with Crippen LogP contribution in [0.15, 0.2) is 24.3 Å². The second-order valence-corrected chi connectivity index (χ2v) is 6.71. The van der Waals surface area contributed by atoms with Crippen LogP contribution in [0.1, 0.15) is 28.1 Å². The van der Waals surface area contributed by atoms with E-state index in [1.807, 2.05) is 24.7 Å². The summed E-state index contributed by atoms with van der Waals surface area (Å²) in [5.74, 6) is 0.102. The molecular weight excluding hydrogens is 300 g/mol. The Morgan fingerprint density at radius 3 is 2.62 bits per heavy atom. The van der Waals surface area contributed by atoms with Gasteiger partial charge < -0.3 is 5.32 Å². The highest BCUT2D eigenvalue weighted by atomic mass is 16.2. The molecule has 0 aliphatic carbocycles. The third kappa shape index (κ3) is 3.22. The number of likely N-dealkylation sites (N-methyl/N-ethyl adjacent to an activating group) is 1. The van der Waals surface area contributed by atoms with Gasteiger partial charge in [-0.3, -0.25) is 14.4 Å². The van der Waals surface area contributed by atoms with Crippen LogP contribution in [0.25, 0.3) is 0 Å². The number of carbonyl (C=O) groups excluding carboxylic acids is 1. The van der Waals surface area contributed by atoms with Gasteiger partial charge in [-0.1, -0.05) is 24.3 Å². The molecule has 0 saturated carbocycles. The highest BCUT2D eigenvalue weighted by Gasteiger charge is 2.28. The van der Waals surface area contributed by atoms with Crippen LogP contribution in [0.3, 0.4) is 0 Å². The maximum Gasteiger partial charge on any atom is 0.237 e. The molecular formula is C19H26N4O. The van der Waals surface area contributed by atoms with Crippen LogP contribution < -0.4 is 5.32 Å². The number of aryl methyl sites for hydroxylation is 1. The number of aromatic nitrogens is 2. The zero-order valence-corrected chi connectivity index (χ0v) is 15.0. The number of hydrogen-bond acceptors (Lipinski definition) is 3. The molecule has 5 heteroatoms. The number of benzene rings is 1. The van der Waals surface area contributed by atoms with E-state index in [1.54, 1.807) is 0 Å². The predicted octanol–water partition coefficient (Wildman–Crippen LogP) is 1.98. The minimum atomic E-state index is -0.0953. The summed E-state index contributed by atoms with van der Waals surface area (Å²) in [6.45, 7) is 8.31. The maximum atomic E-state index is 12.6. The fourth-order valence-electron chi connectivity index (χ4n) is 3.35. The standard InChI is InChI=1S/C19H26N4O/c1-13-14(2)21-23(15(13)3)10-9-20-19(24)18-11-16-7-5-6-8-17(16)12-22(18)4/h5-8,18H,9-12H2,1-4H3,(H,20,24)/t18-/m1/s1. The first kappa shape index (κ1) is 16.7. The zero-order valence-electron chi connectivity index (χ0n) is 15.0. The van der Waals surface area contributed by atoms with Crippen molar-refractivity contribution < 1.29 is 4.79 Å². The molecule has 2 aromatic rings. The van der Waals surface area contributed by atoms with Gasteiger partial charge in [-0.2, -0.15) is 5.10 Å². The van der Waals surface area contributed by atoms with Crippen molar-refractivity contribution in [3.05, 3.63) is 52.3 Å². The van der Waals surface area contributed by atoms with Crippen molar-refractivity contribution in [1.29, 1.82) is 0 Å². The van der Waals surface area contributed by atoms with E-state index in [-0.39, 0.29) is 11.9 Å². The van der Waals surface area contributed by atoms with Gasteiger partial charge in [0.15, 0.2) is 0 Å². The van der Waals surface area contributed by atoms with E-state index in [0.29, 0.717) is 13.1 Å². The summed E-state index contributed by atoms with van der Waals surface area (Å²) in [5.41, 5.74) is 6.06. The van der Waals surface area contributed by atoms with Crippen molar-refractivity contribution in [3.63, 3.8) is 0 Å². The van der Waals surface area contributed by atoms with Gasteiger partial charge in [0.2, 0.25) is 5.91 Å². The lowest BCUT2D eigenvalue weighted by Gasteiger charge is -2.33. The van der Waals surface area contributed by atoms with Crippen LogP contribution in [0, 0.1) is 20.8 Å². The molecule has 24 heavy (non-hydrogen) atoms. The lowest BCUT2D eigenvalue weighted by atomic mass is 9.94. The number of nitrogens with one attached hydrogen (secondary N) is 1. The Morgan fingerprint density at radius 2 is 1.96 bits per heavy atom. The fourth-order valence-corrected chi connectivity index (χ4v) is 3.35. The van der Waals surface area contributed by atoms with Gasteiger partial charge in [0.25, 0.3) is 0 Å². The first-order valence-corrected chi connectivity index (χ1v) is 8.52. The van der Waals surface area contributed by atoms with E-state index in [2.05, 4.69) is 47.4 Å². The monoisotopic (exact) mass is 326 g/mol. The van der Waals surface area contributed by atoms with Crippen molar-refractivity contribution in [3.8, 4) is 0 Å². The van der Waals surface area contributed by atoms with E-state index in [9.17, 15) is 4.79 Å². The van der Waals surface area contributed by atoms with Crippen molar-refractivity contribution in [2.24, 2.45) is 0 Å². The summed E-state index contributed by atoms with van der Waals surface area (Å²) in [6, 6.07) is 8.28. The number of fused-ring (bicyclic) bond motifs is 1. The lowest BCUT2D eigenvalue weighted by molar-refractivity contribution is -0.126. The molecule has 1 atom stereocenters. The molecule has 0 bridgehead atoms. The molecule has 1 N–H and O–H groups in total. The SMILES string of the molecule is Cc1nn(CCNC(=O)[C@H]2Cc3ccccc3CN2C)c(C)c1C. The Balaban J connectivity index is 1.58. The van der Waals surface area contributed by atoms with Crippen LogP contribution in [0.5, 0.6) is 0 Å². The van der Waals surface area contributed by atoms with Crippen LogP contribution >= 0.6 is 0 Å². The zero-order chi connectivity index (χ0) is 17.3. The Bertz CT molecular complexity index is 750. The van der Waals surface area contributed by atoms with Gasteiger partial charge in [-0.25, -0.2) is 0 Å². The van der Waals surface area contributed by atoms with Crippen LogP contribution in [0.4, 0.5) is 0 Å². The highest BCUT2D eigenvalue weighted by molar-refractivity contribution is 5.82. The Hall–Kier alpha value is -2.14. The highest BCUT2D eigenvalue weighted by Crippen LogP contribution is 2.21. The van der Waals surface area contributed by atoms with Crippen LogP contribution in [-0.4, -0.2) is 40.2 Å². The van der Waals surface area contributed by atoms with Crippen molar-refractivity contribution in [1.82, 2.24) is 20.0 Å². The maximum absolute atomic E-state index is 12.6. The average molecular weight is 326 g/mol. The van der Waals surface area contributed by atoms with E-state index >= 15 is 0 Å². The van der Waals surface area contributed by atoms with Gasteiger partial charge in [0.05, 0.1) is 18.3 Å². The minimum absolute atomic E-state index is 0.0953. The molecule has 128 valence electrons. The molecule has 0 saturated heterocycles. The number of nitrogens with zero attached hydrogens (tertiary/aromatic N) is 3. The molecule has 1 amide bonds. The first-order valence-electron chi connectivity index (χ1n) is 8.52. The van der Waals surface area contributed by atoms with Gasteiger partial charge >= 0.3 is 0 Å². The van der Waals surface area contributed by atoms with Gasteiger partial charge in [0, 0.05) is 18.8 Å². The largest absolute Gasteiger partial charge is 0.353 e. The van der Waals surface area contributed by atoms with Crippen LogP contribution in [-0.2, 0) is 24.3 Å². The van der Waals surface area contributed by atoms with E-state index in [0.717, 1.165) is 18.7 Å². The third-order valence-electron chi connectivity index (χ3n) is 5.15. The van der Waals surface area contributed by atoms with Gasteiger partial charge in [-0.15, -0.1) is 0 Å². The fraction of sp³-hybridized carbons (Fsp3) is 0.474. The number of rotatable bonds is 4. The third-order valence-corrected chi connectivity index (χ3v) is 5.15. The summed E-state index contributed by atoms with van der Waals surface area (Å²) < 4.78 is 1.98. The molecule has 1 aromatic heterocycles. The van der Waals surface area contributed by atoms with E-state index in [1.165, 1.54) is 22.4 Å². The van der Waals surface area contributed by atoms with Crippen LogP contribution in [0.2, 0.25) is 0 Å². The minimum Gasteiger partial charge on any atom is -0.353 e. The summed E-state index contributed by atoms with van der Waals surface area (Å²) >= 11 is 0. The molecule has 5 nitrogen and oxygen atoms in total. The summed E-state index contributed by atoms with van der Waals surface area (Å²) in [4.78, 5) is 14.7. The first-order chi connectivity index (χ1) is 11.5.